The average Bonchev–Trinajstić information content (AvgIpc) is 2.35. The molecule has 0 saturated carbocycles. The largest absolute Gasteiger partial charge is 0.356 e. The van der Waals surface area contributed by atoms with E-state index < -0.39 is 23.8 Å². The van der Waals surface area contributed by atoms with E-state index in [1.54, 1.807) is 0 Å². The molecule has 0 N–H and O–H groups in total. The third-order valence-corrected chi connectivity index (χ3v) is 2.72. The number of ether oxygens (including phenoxy) is 2. The fraction of sp³-hybridized carbons (Fsp3) is 0.500. The van der Waals surface area contributed by atoms with Crippen molar-refractivity contribution in [1.82, 2.24) is 0 Å². The number of rotatable bonds is 8. The lowest BCUT2D eigenvalue weighted by Gasteiger charge is -2.18. The molecule has 1 aromatic rings. The summed E-state index contributed by atoms with van der Waals surface area (Å²) >= 11 is 0. The van der Waals surface area contributed by atoms with Gasteiger partial charge in [0.2, 0.25) is 0 Å². The van der Waals surface area contributed by atoms with Gasteiger partial charge < -0.3 is 14.3 Å². The van der Waals surface area contributed by atoms with Crippen molar-refractivity contribution in [2.75, 3.05) is 13.7 Å². The van der Waals surface area contributed by atoms with E-state index >= 15 is 0 Å². The number of hydrogen-bond donors (Lipinski definition) is 0. The Balaban J connectivity index is 2.67. The van der Waals surface area contributed by atoms with Crippen LogP contribution < -0.4 is 0 Å². The molecule has 3 nitrogen and oxygen atoms in total. The van der Waals surface area contributed by atoms with E-state index in [9.17, 15) is 13.6 Å². The van der Waals surface area contributed by atoms with E-state index in [0.717, 1.165) is 12.4 Å². The highest BCUT2D eigenvalue weighted by Gasteiger charge is 2.17. The Hall–Kier alpha value is -1.33. The van der Waals surface area contributed by atoms with E-state index in [4.69, 9.17) is 9.47 Å². The maximum absolute atomic E-state index is 13.1. The molecule has 2 unspecified atom stereocenters. The van der Waals surface area contributed by atoms with Gasteiger partial charge in [0.05, 0.1) is 0 Å². The minimum absolute atomic E-state index is 0.255. The van der Waals surface area contributed by atoms with Gasteiger partial charge in [-0.05, 0) is 31.0 Å². The van der Waals surface area contributed by atoms with Gasteiger partial charge in [-0.25, -0.2) is 8.78 Å². The van der Waals surface area contributed by atoms with Crippen LogP contribution >= 0.6 is 0 Å². The zero-order valence-electron chi connectivity index (χ0n) is 11.1. The van der Waals surface area contributed by atoms with E-state index in [2.05, 4.69) is 0 Å². The van der Waals surface area contributed by atoms with Crippen molar-refractivity contribution < 1.29 is 23.0 Å². The predicted molar refractivity (Wildman–Crippen MR) is 66.7 cm³/mol. The number of carbonyl (C=O) groups is 1. The van der Waals surface area contributed by atoms with Crippen molar-refractivity contribution >= 4 is 6.29 Å². The van der Waals surface area contributed by atoms with Crippen molar-refractivity contribution in [3.8, 4) is 0 Å². The molecular weight excluding hydrogens is 254 g/mol. The molecule has 0 aliphatic carbocycles. The summed E-state index contributed by atoms with van der Waals surface area (Å²) in [6.45, 7) is 2.29. The molecule has 0 amide bonds. The molecule has 0 bridgehead atoms. The standard InChI is InChI=1S/C14H18F2O3/c1-3-19-14(18-2)7-11(9-17)4-10-5-12(15)8-13(16)6-10/h5-6,8-9,11,14H,3-4,7H2,1-2H3. The van der Waals surface area contributed by atoms with Gasteiger partial charge in [0.1, 0.15) is 17.9 Å². The van der Waals surface area contributed by atoms with Gasteiger partial charge in [-0.15, -0.1) is 0 Å². The van der Waals surface area contributed by atoms with Gasteiger partial charge in [0.15, 0.2) is 6.29 Å². The topological polar surface area (TPSA) is 35.5 Å². The van der Waals surface area contributed by atoms with Crippen LogP contribution in [0.5, 0.6) is 0 Å². The summed E-state index contributed by atoms with van der Waals surface area (Å²) in [5, 5.41) is 0. The van der Waals surface area contributed by atoms with Crippen LogP contribution in [0.3, 0.4) is 0 Å². The molecule has 2 atom stereocenters. The lowest BCUT2D eigenvalue weighted by Crippen LogP contribution is -2.21. The Kier molecular flexibility index (Phi) is 6.59. The van der Waals surface area contributed by atoms with Crippen LogP contribution in [0.25, 0.3) is 0 Å². The average molecular weight is 272 g/mol. The molecule has 0 saturated heterocycles. The van der Waals surface area contributed by atoms with Crippen LogP contribution in [0.1, 0.15) is 18.9 Å². The summed E-state index contributed by atoms with van der Waals surface area (Å²) in [6, 6.07) is 3.25. The number of methoxy groups -OCH3 is 1. The number of aldehydes is 1. The number of hydrogen-bond acceptors (Lipinski definition) is 3. The number of carbonyl (C=O) groups excluding carboxylic acids is 1. The summed E-state index contributed by atoms with van der Waals surface area (Å²) < 4.78 is 36.5. The van der Waals surface area contributed by atoms with E-state index in [0.29, 0.717) is 18.6 Å². The van der Waals surface area contributed by atoms with Crippen LogP contribution in [0, 0.1) is 17.6 Å². The molecular formula is C14H18F2O3. The third-order valence-electron chi connectivity index (χ3n) is 2.72. The zero-order chi connectivity index (χ0) is 14.3. The first-order chi connectivity index (χ1) is 9.08. The van der Waals surface area contributed by atoms with Crippen LogP contribution in [-0.4, -0.2) is 26.3 Å². The van der Waals surface area contributed by atoms with Crippen LogP contribution in [0.2, 0.25) is 0 Å². The van der Waals surface area contributed by atoms with Gasteiger partial charge in [-0.1, -0.05) is 0 Å². The predicted octanol–water partition coefficient (Wildman–Crippen LogP) is 2.72. The summed E-state index contributed by atoms with van der Waals surface area (Å²) in [7, 11) is 1.49. The third kappa shape index (κ3) is 5.44. The molecule has 5 heteroatoms. The van der Waals surface area contributed by atoms with Crippen LogP contribution in [0.4, 0.5) is 8.78 Å². The molecule has 0 aliphatic heterocycles. The van der Waals surface area contributed by atoms with Gasteiger partial charge >= 0.3 is 0 Å². The highest BCUT2D eigenvalue weighted by Crippen LogP contribution is 2.17. The second-order valence-electron chi connectivity index (χ2n) is 4.23. The molecule has 1 rings (SSSR count). The molecule has 0 aromatic heterocycles. The van der Waals surface area contributed by atoms with Gasteiger partial charge in [-0.3, -0.25) is 0 Å². The molecule has 0 spiro atoms. The van der Waals surface area contributed by atoms with E-state index in [-0.39, 0.29) is 6.42 Å². The zero-order valence-corrected chi connectivity index (χ0v) is 11.1. The monoisotopic (exact) mass is 272 g/mol. The van der Waals surface area contributed by atoms with Gasteiger partial charge in [-0.2, -0.15) is 0 Å². The maximum atomic E-state index is 13.1. The van der Waals surface area contributed by atoms with Crippen LogP contribution in [0.15, 0.2) is 18.2 Å². The Morgan fingerprint density at radius 1 is 1.26 bits per heavy atom. The van der Waals surface area contributed by atoms with Crippen molar-refractivity contribution in [3.05, 3.63) is 35.4 Å². The Labute approximate surface area is 111 Å². The second kappa shape index (κ2) is 7.96. The minimum atomic E-state index is -0.646. The van der Waals surface area contributed by atoms with Gasteiger partial charge in [0, 0.05) is 32.1 Å². The van der Waals surface area contributed by atoms with Crippen molar-refractivity contribution in [2.45, 2.75) is 26.1 Å². The first-order valence-corrected chi connectivity index (χ1v) is 6.13. The normalized spacial score (nSPS) is 14.1. The lowest BCUT2D eigenvalue weighted by molar-refractivity contribution is -0.136. The highest BCUT2D eigenvalue weighted by molar-refractivity contribution is 5.54. The Morgan fingerprint density at radius 2 is 1.89 bits per heavy atom. The summed E-state index contributed by atoms with van der Waals surface area (Å²) in [6.07, 6.45) is 0.879. The van der Waals surface area contributed by atoms with Crippen molar-refractivity contribution in [1.29, 1.82) is 0 Å². The Morgan fingerprint density at radius 3 is 2.37 bits per heavy atom. The molecule has 106 valence electrons. The van der Waals surface area contributed by atoms with Crippen LogP contribution in [-0.2, 0) is 20.7 Å². The van der Waals surface area contributed by atoms with E-state index in [1.807, 2.05) is 6.92 Å². The molecule has 1 aromatic carbocycles. The smallest absolute Gasteiger partial charge is 0.157 e. The minimum Gasteiger partial charge on any atom is -0.356 e. The highest BCUT2D eigenvalue weighted by atomic mass is 19.1. The fourth-order valence-electron chi connectivity index (χ4n) is 1.88. The lowest BCUT2D eigenvalue weighted by atomic mass is 9.97. The molecule has 0 radical (unpaired) electrons. The number of benzene rings is 1. The maximum Gasteiger partial charge on any atom is 0.157 e. The van der Waals surface area contributed by atoms with Gasteiger partial charge in [0.25, 0.3) is 0 Å². The Bertz CT molecular complexity index is 389. The van der Waals surface area contributed by atoms with Crippen molar-refractivity contribution in [3.63, 3.8) is 0 Å². The van der Waals surface area contributed by atoms with Crippen molar-refractivity contribution in [2.24, 2.45) is 5.92 Å². The van der Waals surface area contributed by atoms with E-state index in [1.165, 1.54) is 19.2 Å². The molecule has 19 heavy (non-hydrogen) atoms. The second-order valence-corrected chi connectivity index (χ2v) is 4.23. The fourth-order valence-corrected chi connectivity index (χ4v) is 1.88. The number of halogens is 2. The molecule has 0 heterocycles. The summed E-state index contributed by atoms with van der Waals surface area (Å²) in [5.74, 6) is -1.70. The molecule has 0 aliphatic rings. The first-order valence-electron chi connectivity index (χ1n) is 6.13. The summed E-state index contributed by atoms with van der Waals surface area (Å²) in [5.41, 5.74) is 0.445. The quantitative estimate of drug-likeness (QED) is 0.539. The first kappa shape index (κ1) is 15.7. The summed E-state index contributed by atoms with van der Waals surface area (Å²) in [4.78, 5) is 11.0. The molecule has 0 fully saturated rings. The SMILES string of the molecule is CCOC(CC(C=O)Cc1cc(F)cc(F)c1)OC.